The average molecular weight is 255 g/mol. The van der Waals surface area contributed by atoms with E-state index < -0.39 is 10.8 Å². The number of hydrogen-bond acceptors (Lipinski definition) is 2. The molecule has 1 atom stereocenters. The normalized spacial score (nSPS) is 18.7. The molecule has 18 heavy (non-hydrogen) atoms. The molecule has 1 heterocycles. The molecule has 0 aromatic heterocycles. The Morgan fingerprint density at radius 2 is 1.67 bits per heavy atom. The van der Waals surface area contributed by atoms with Gasteiger partial charge < -0.3 is 0 Å². The molecular weight excluding hydrogens is 242 g/mol. The second-order valence-corrected chi connectivity index (χ2v) is 5.68. The summed E-state index contributed by atoms with van der Waals surface area (Å²) in [5.74, 6) is 0.605. The van der Waals surface area contributed by atoms with Crippen molar-refractivity contribution in [2.75, 3.05) is 12.3 Å². The Morgan fingerprint density at radius 3 is 2.50 bits per heavy atom. The minimum Gasteiger partial charge on any atom is -0.283 e. The van der Waals surface area contributed by atoms with Gasteiger partial charge in [0.1, 0.15) is 0 Å². The first-order chi connectivity index (χ1) is 8.86. The first-order valence-corrected chi connectivity index (χ1v) is 7.26. The SMILES string of the molecule is O=S1CCN=C(c2ccccc2)c2ccccc21. The summed E-state index contributed by atoms with van der Waals surface area (Å²) in [5, 5.41) is 0. The topological polar surface area (TPSA) is 29.4 Å². The molecule has 3 rings (SSSR count). The predicted octanol–water partition coefficient (Wildman–Crippen LogP) is 2.65. The number of aliphatic imine (C=N–C) groups is 1. The highest BCUT2D eigenvalue weighted by Crippen LogP contribution is 2.21. The van der Waals surface area contributed by atoms with Crippen molar-refractivity contribution in [3.8, 4) is 0 Å². The molecule has 0 bridgehead atoms. The highest BCUT2D eigenvalue weighted by atomic mass is 32.2. The molecule has 1 aliphatic rings. The van der Waals surface area contributed by atoms with Crippen LogP contribution in [0, 0.1) is 0 Å². The fourth-order valence-electron chi connectivity index (χ4n) is 2.14. The molecule has 0 N–H and O–H groups in total. The molecule has 0 amide bonds. The summed E-state index contributed by atoms with van der Waals surface area (Å²) in [7, 11) is -0.942. The first kappa shape index (κ1) is 11.4. The highest BCUT2D eigenvalue weighted by Gasteiger charge is 2.18. The minimum absolute atomic E-state index is 0.605. The Balaban J connectivity index is 2.19. The standard InChI is InChI=1S/C15H13NOS/c17-18-11-10-16-15(12-6-2-1-3-7-12)13-8-4-5-9-14(13)18/h1-9H,10-11H2. The molecule has 0 fully saturated rings. The van der Waals surface area contributed by atoms with Crippen LogP contribution in [-0.2, 0) is 10.8 Å². The summed E-state index contributed by atoms with van der Waals surface area (Å²) in [6.07, 6.45) is 0. The van der Waals surface area contributed by atoms with Gasteiger partial charge in [0.05, 0.1) is 23.1 Å². The van der Waals surface area contributed by atoms with Crippen LogP contribution in [0.5, 0.6) is 0 Å². The Bertz CT molecular complexity index is 619. The molecule has 1 aliphatic heterocycles. The Morgan fingerprint density at radius 1 is 0.944 bits per heavy atom. The maximum absolute atomic E-state index is 12.1. The third-order valence-electron chi connectivity index (χ3n) is 2.98. The Hall–Kier alpha value is -1.74. The van der Waals surface area contributed by atoms with Gasteiger partial charge in [0.15, 0.2) is 0 Å². The second kappa shape index (κ2) is 4.86. The maximum atomic E-state index is 12.1. The zero-order valence-corrected chi connectivity index (χ0v) is 10.7. The van der Waals surface area contributed by atoms with Gasteiger partial charge in [-0.25, -0.2) is 0 Å². The molecule has 2 aromatic rings. The van der Waals surface area contributed by atoms with Gasteiger partial charge in [0.25, 0.3) is 0 Å². The van der Waals surface area contributed by atoms with Gasteiger partial charge in [-0.3, -0.25) is 9.20 Å². The molecule has 0 spiro atoms. The van der Waals surface area contributed by atoms with E-state index in [0.29, 0.717) is 12.3 Å². The fraction of sp³-hybridized carbons (Fsp3) is 0.133. The van der Waals surface area contributed by atoms with Gasteiger partial charge in [-0.2, -0.15) is 0 Å². The highest BCUT2D eigenvalue weighted by molar-refractivity contribution is 7.85. The van der Waals surface area contributed by atoms with Crippen molar-refractivity contribution in [1.82, 2.24) is 0 Å². The lowest BCUT2D eigenvalue weighted by atomic mass is 10.0. The number of rotatable bonds is 1. The van der Waals surface area contributed by atoms with E-state index in [-0.39, 0.29) is 0 Å². The molecule has 2 nitrogen and oxygen atoms in total. The smallest absolute Gasteiger partial charge is 0.0731 e. The first-order valence-electron chi connectivity index (χ1n) is 5.94. The van der Waals surface area contributed by atoms with Crippen LogP contribution in [0.3, 0.4) is 0 Å². The van der Waals surface area contributed by atoms with Crippen molar-refractivity contribution >= 4 is 16.5 Å². The number of hydrogen-bond donors (Lipinski definition) is 0. The lowest BCUT2D eigenvalue weighted by molar-refractivity contribution is 0.683. The maximum Gasteiger partial charge on any atom is 0.0731 e. The van der Waals surface area contributed by atoms with E-state index in [0.717, 1.165) is 21.7 Å². The average Bonchev–Trinajstić information content (AvgIpc) is 2.60. The molecule has 0 radical (unpaired) electrons. The third kappa shape index (κ3) is 2.02. The molecule has 0 saturated carbocycles. The quantitative estimate of drug-likeness (QED) is 0.770. The van der Waals surface area contributed by atoms with E-state index in [9.17, 15) is 4.21 Å². The van der Waals surface area contributed by atoms with Crippen molar-refractivity contribution in [1.29, 1.82) is 0 Å². The summed E-state index contributed by atoms with van der Waals surface area (Å²) >= 11 is 0. The molecular formula is C15H13NOS. The second-order valence-electron chi connectivity index (χ2n) is 4.14. The molecule has 1 unspecified atom stereocenters. The summed E-state index contributed by atoms with van der Waals surface area (Å²) in [6.45, 7) is 0.617. The lowest BCUT2D eigenvalue weighted by Crippen LogP contribution is -2.05. The van der Waals surface area contributed by atoms with Gasteiger partial charge >= 0.3 is 0 Å². The number of nitrogens with zero attached hydrogens (tertiary/aromatic N) is 1. The molecule has 3 heteroatoms. The minimum atomic E-state index is -0.942. The van der Waals surface area contributed by atoms with E-state index in [1.807, 2.05) is 54.6 Å². The monoisotopic (exact) mass is 255 g/mol. The van der Waals surface area contributed by atoms with Gasteiger partial charge in [-0.15, -0.1) is 0 Å². The summed E-state index contributed by atoms with van der Waals surface area (Å²) in [4.78, 5) is 5.51. The van der Waals surface area contributed by atoms with Crippen molar-refractivity contribution in [2.45, 2.75) is 4.90 Å². The summed E-state index contributed by atoms with van der Waals surface area (Å²) in [6, 6.07) is 17.9. The Labute approximate surface area is 109 Å². The number of benzene rings is 2. The largest absolute Gasteiger partial charge is 0.283 e. The molecule has 0 saturated heterocycles. The molecule has 2 aromatic carbocycles. The van der Waals surface area contributed by atoms with Crippen LogP contribution >= 0.6 is 0 Å². The number of fused-ring (bicyclic) bond motifs is 1. The molecule has 0 aliphatic carbocycles. The molecule has 90 valence electrons. The van der Waals surface area contributed by atoms with Crippen molar-refractivity contribution in [2.24, 2.45) is 4.99 Å². The van der Waals surface area contributed by atoms with E-state index in [1.54, 1.807) is 0 Å². The fourth-order valence-corrected chi connectivity index (χ4v) is 3.26. The van der Waals surface area contributed by atoms with E-state index in [4.69, 9.17) is 0 Å². The van der Waals surface area contributed by atoms with Crippen molar-refractivity contribution in [3.05, 3.63) is 65.7 Å². The summed E-state index contributed by atoms with van der Waals surface area (Å²) < 4.78 is 12.1. The van der Waals surface area contributed by atoms with Crippen LogP contribution in [0.2, 0.25) is 0 Å². The van der Waals surface area contributed by atoms with E-state index >= 15 is 0 Å². The Kier molecular flexibility index (Phi) is 3.07. The van der Waals surface area contributed by atoms with Gasteiger partial charge in [0, 0.05) is 21.8 Å². The van der Waals surface area contributed by atoms with Crippen molar-refractivity contribution < 1.29 is 4.21 Å². The van der Waals surface area contributed by atoms with Gasteiger partial charge in [-0.1, -0.05) is 48.5 Å². The van der Waals surface area contributed by atoms with Crippen LogP contribution in [0.4, 0.5) is 0 Å². The lowest BCUT2D eigenvalue weighted by Gasteiger charge is -2.08. The van der Waals surface area contributed by atoms with Crippen LogP contribution < -0.4 is 0 Å². The van der Waals surface area contributed by atoms with Crippen LogP contribution in [0.15, 0.2) is 64.5 Å². The summed E-state index contributed by atoms with van der Waals surface area (Å²) in [5.41, 5.74) is 3.04. The van der Waals surface area contributed by atoms with E-state index in [2.05, 4.69) is 4.99 Å². The third-order valence-corrected chi connectivity index (χ3v) is 4.38. The van der Waals surface area contributed by atoms with Crippen LogP contribution in [0.25, 0.3) is 0 Å². The van der Waals surface area contributed by atoms with Gasteiger partial charge in [-0.05, 0) is 6.07 Å². The van der Waals surface area contributed by atoms with E-state index in [1.165, 1.54) is 0 Å². The van der Waals surface area contributed by atoms with Gasteiger partial charge in [0.2, 0.25) is 0 Å². The zero-order chi connectivity index (χ0) is 12.4. The predicted molar refractivity (Wildman–Crippen MR) is 74.7 cm³/mol. The zero-order valence-electron chi connectivity index (χ0n) is 9.87. The van der Waals surface area contributed by atoms with Crippen LogP contribution in [-0.4, -0.2) is 22.2 Å². The van der Waals surface area contributed by atoms with Crippen molar-refractivity contribution in [3.63, 3.8) is 0 Å². The van der Waals surface area contributed by atoms with Crippen LogP contribution in [0.1, 0.15) is 11.1 Å².